The number of piperidine rings is 1. The van der Waals surface area contributed by atoms with Crippen LogP contribution in [0.1, 0.15) is 59.4 Å². The van der Waals surface area contributed by atoms with Gasteiger partial charge in [-0.25, -0.2) is 12.7 Å². The van der Waals surface area contributed by atoms with Gasteiger partial charge in [-0.3, -0.25) is 4.79 Å². The van der Waals surface area contributed by atoms with Gasteiger partial charge in [-0.05, 0) is 55.8 Å². The summed E-state index contributed by atoms with van der Waals surface area (Å²) in [5.41, 5.74) is 2.90. The molecule has 2 aromatic carbocycles. The highest BCUT2D eigenvalue weighted by atomic mass is 32.2. The van der Waals surface area contributed by atoms with Crippen LogP contribution in [0.15, 0.2) is 35.2 Å². The minimum atomic E-state index is -3.87. The molecule has 1 aromatic heterocycles. The second-order valence-electron chi connectivity index (χ2n) is 9.90. The first-order chi connectivity index (χ1) is 16.6. The van der Waals surface area contributed by atoms with E-state index in [0.29, 0.717) is 27.8 Å². The Morgan fingerprint density at radius 3 is 2.51 bits per heavy atom. The van der Waals surface area contributed by atoms with E-state index in [1.165, 1.54) is 20.2 Å². The van der Waals surface area contributed by atoms with Crippen LogP contribution in [0.25, 0.3) is 10.9 Å². The molecule has 182 valence electrons. The molecule has 3 aromatic rings. The maximum atomic E-state index is 13.8. The maximum Gasteiger partial charge on any atom is 0.246 e. The van der Waals surface area contributed by atoms with Crippen LogP contribution >= 0.6 is 0 Å². The van der Waals surface area contributed by atoms with Gasteiger partial charge in [0.2, 0.25) is 10.0 Å². The molecule has 0 spiro atoms. The van der Waals surface area contributed by atoms with E-state index in [2.05, 4.69) is 16.4 Å². The first-order valence-electron chi connectivity index (χ1n) is 11.6. The molecule has 2 heterocycles. The highest BCUT2D eigenvalue weighted by Gasteiger charge is 2.42. The number of nitrogens with zero attached hydrogens (tertiary/aromatic N) is 2. The van der Waals surface area contributed by atoms with Crippen molar-refractivity contribution < 1.29 is 17.9 Å². The number of carbonyl (C=O) groups is 1. The third-order valence-corrected chi connectivity index (χ3v) is 8.96. The van der Waals surface area contributed by atoms with Gasteiger partial charge in [0.05, 0.1) is 17.2 Å². The Hall–Kier alpha value is -3.19. The first-order valence-corrected chi connectivity index (χ1v) is 13.1. The van der Waals surface area contributed by atoms with Crippen LogP contribution in [0.2, 0.25) is 0 Å². The zero-order chi connectivity index (χ0) is 25.1. The molecule has 0 radical (unpaired) electrons. The Balaban J connectivity index is 1.74. The van der Waals surface area contributed by atoms with Gasteiger partial charge in [-0.15, -0.1) is 0 Å². The molecule has 0 amide bonds. The zero-order valence-electron chi connectivity index (χ0n) is 20.2. The number of rotatable bonds is 4. The van der Waals surface area contributed by atoms with Gasteiger partial charge in [0.1, 0.15) is 16.7 Å². The predicted octanol–water partition coefficient (Wildman–Crippen LogP) is 3.29. The van der Waals surface area contributed by atoms with E-state index in [-0.39, 0.29) is 22.5 Å². The monoisotopic (exact) mass is 492 g/mol. The molecule has 2 N–H and O–H groups in total. The number of benzene rings is 2. The summed E-state index contributed by atoms with van der Waals surface area (Å²) in [4.78, 5) is 17.2. The Kier molecular flexibility index (Phi) is 5.51. The van der Waals surface area contributed by atoms with Crippen LogP contribution in [0.5, 0.6) is 5.75 Å². The highest BCUT2D eigenvalue weighted by molar-refractivity contribution is 7.89. The second-order valence-corrected chi connectivity index (χ2v) is 12.0. The molecule has 0 saturated carbocycles. The maximum absolute atomic E-state index is 13.8. The summed E-state index contributed by atoms with van der Waals surface area (Å²) >= 11 is 0. The molecule has 1 aliphatic carbocycles. The fourth-order valence-electron chi connectivity index (χ4n) is 5.09. The molecule has 9 heteroatoms. The summed E-state index contributed by atoms with van der Waals surface area (Å²) < 4.78 is 34.1. The molecular formula is C26H28N4O4S. The van der Waals surface area contributed by atoms with E-state index in [9.17, 15) is 18.5 Å². The minimum absolute atomic E-state index is 0.000935. The molecule has 1 fully saturated rings. The molecule has 0 unspecified atom stereocenters. The SMILES string of the molecule is CN(C)S(=O)(=O)c1cc2c(cc1OC1CCNCC1)C(C)(C)c1[nH]c3cc(C#N)ccc3c1C2=O. The zero-order valence-corrected chi connectivity index (χ0v) is 21.0. The smallest absolute Gasteiger partial charge is 0.246 e. The van der Waals surface area contributed by atoms with Gasteiger partial charge < -0.3 is 15.0 Å². The lowest BCUT2D eigenvalue weighted by molar-refractivity contribution is 0.103. The highest BCUT2D eigenvalue weighted by Crippen LogP contribution is 2.46. The van der Waals surface area contributed by atoms with E-state index in [1.807, 2.05) is 13.8 Å². The number of nitrogens with one attached hydrogen (secondary N) is 2. The number of ketones is 1. The van der Waals surface area contributed by atoms with Crippen LogP contribution < -0.4 is 10.1 Å². The van der Waals surface area contributed by atoms with Crippen molar-refractivity contribution in [2.75, 3.05) is 27.2 Å². The summed E-state index contributed by atoms with van der Waals surface area (Å²) in [6.07, 6.45) is 1.43. The second kappa shape index (κ2) is 8.19. The third-order valence-electron chi connectivity index (χ3n) is 7.12. The van der Waals surface area contributed by atoms with Crippen molar-refractivity contribution in [3.63, 3.8) is 0 Å². The summed E-state index contributed by atoms with van der Waals surface area (Å²) in [5.74, 6) is 0.0328. The van der Waals surface area contributed by atoms with Gasteiger partial charge in [-0.1, -0.05) is 19.9 Å². The average Bonchev–Trinajstić information content (AvgIpc) is 3.23. The lowest BCUT2D eigenvalue weighted by Gasteiger charge is -2.34. The molecule has 0 atom stereocenters. The number of ether oxygens (including phenoxy) is 1. The molecule has 1 aliphatic heterocycles. The molecular weight excluding hydrogens is 464 g/mol. The van der Waals surface area contributed by atoms with Crippen LogP contribution in [0.3, 0.4) is 0 Å². The van der Waals surface area contributed by atoms with E-state index < -0.39 is 15.4 Å². The number of nitriles is 1. The topological polar surface area (TPSA) is 115 Å². The van der Waals surface area contributed by atoms with E-state index >= 15 is 0 Å². The van der Waals surface area contributed by atoms with Gasteiger partial charge in [0, 0.05) is 41.7 Å². The van der Waals surface area contributed by atoms with E-state index in [1.54, 1.807) is 24.3 Å². The summed E-state index contributed by atoms with van der Waals surface area (Å²) in [5, 5.41) is 13.3. The largest absolute Gasteiger partial charge is 0.489 e. The predicted molar refractivity (Wildman–Crippen MR) is 132 cm³/mol. The number of carbonyl (C=O) groups excluding carboxylic acids is 1. The van der Waals surface area contributed by atoms with Crippen molar-refractivity contribution >= 4 is 26.7 Å². The minimum Gasteiger partial charge on any atom is -0.489 e. The van der Waals surface area contributed by atoms with Crippen molar-refractivity contribution in [2.45, 2.75) is 43.1 Å². The number of fused-ring (bicyclic) bond motifs is 4. The van der Waals surface area contributed by atoms with Gasteiger partial charge in [-0.2, -0.15) is 5.26 Å². The molecule has 35 heavy (non-hydrogen) atoms. The fraction of sp³-hybridized carbons (Fsp3) is 0.385. The van der Waals surface area contributed by atoms with E-state index in [0.717, 1.165) is 41.3 Å². The van der Waals surface area contributed by atoms with Crippen molar-refractivity contribution in [3.05, 3.63) is 58.3 Å². The summed E-state index contributed by atoms with van der Waals surface area (Å²) in [7, 11) is -0.928. The lowest BCUT2D eigenvalue weighted by atomic mass is 9.71. The van der Waals surface area contributed by atoms with Crippen molar-refractivity contribution in [1.29, 1.82) is 5.26 Å². The number of hydrogen-bond acceptors (Lipinski definition) is 6. The third kappa shape index (κ3) is 3.64. The molecule has 0 bridgehead atoms. The van der Waals surface area contributed by atoms with Crippen LogP contribution in [0, 0.1) is 11.3 Å². The van der Waals surface area contributed by atoms with Crippen molar-refractivity contribution in [3.8, 4) is 11.8 Å². The number of H-pyrrole nitrogens is 1. The van der Waals surface area contributed by atoms with Crippen LogP contribution in [-0.2, 0) is 15.4 Å². The van der Waals surface area contributed by atoms with Crippen molar-refractivity contribution in [2.24, 2.45) is 0 Å². The Morgan fingerprint density at radius 2 is 1.86 bits per heavy atom. The molecule has 1 saturated heterocycles. The molecule has 2 aliphatic rings. The van der Waals surface area contributed by atoms with Gasteiger partial charge in [0.25, 0.3) is 0 Å². The normalized spacial score (nSPS) is 17.8. The Bertz CT molecular complexity index is 1510. The lowest BCUT2D eigenvalue weighted by Crippen LogP contribution is -2.35. The Morgan fingerprint density at radius 1 is 1.14 bits per heavy atom. The average molecular weight is 493 g/mol. The summed E-state index contributed by atoms with van der Waals surface area (Å²) in [6, 6.07) is 10.5. The first kappa shape index (κ1) is 23.5. The fourth-order valence-corrected chi connectivity index (χ4v) is 6.11. The molecule has 8 nitrogen and oxygen atoms in total. The quantitative estimate of drug-likeness (QED) is 0.578. The van der Waals surface area contributed by atoms with Crippen LogP contribution in [0.4, 0.5) is 0 Å². The standard InChI is InChI=1S/C26H28N4O4S/c1-26(2)19-13-21(34-16-7-9-28-10-8-16)22(35(32,33)30(3)4)12-18(19)24(31)23-17-6-5-15(14-27)11-20(17)29-25(23)26/h5-6,11-13,16,28-29H,7-10H2,1-4H3. The number of aromatic amines is 1. The Labute approximate surface area is 204 Å². The van der Waals surface area contributed by atoms with Crippen LogP contribution in [-0.4, -0.2) is 56.8 Å². The van der Waals surface area contributed by atoms with E-state index in [4.69, 9.17) is 4.74 Å². The number of sulfonamides is 1. The molecule has 5 rings (SSSR count). The van der Waals surface area contributed by atoms with Gasteiger partial charge >= 0.3 is 0 Å². The van der Waals surface area contributed by atoms with Gasteiger partial charge in [0.15, 0.2) is 5.78 Å². The number of hydrogen-bond donors (Lipinski definition) is 2. The number of aromatic nitrogens is 1. The van der Waals surface area contributed by atoms with Crippen molar-refractivity contribution in [1.82, 2.24) is 14.6 Å². The summed E-state index contributed by atoms with van der Waals surface area (Å²) in [6.45, 7) is 5.62.